The second-order valence-electron chi connectivity index (χ2n) is 7.27. The van der Waals surface area contributed by atoms with E-state index in [1.165, 1.54) is 5.69 Å². The third-order valence-electron chi connectivity index (χ3n) is 5.36. The Morgan fingerprint density at radius 3 is 2.71 bits per heavy atom. The predicted molar refractivity (Wildman–Crippen MR) is 108 cm³/mol. The van der Waals surface area contributed by atoms with Gasteiger partial charge in [0.2, 0.25) is 0 Å². The fraction of sp³-hybridized carbons (Fsp3) is 0.273. The van der Waals surface area contributed by atoms with E-state index in [1.807, 2.05) is 22.9 Å². The highest BCUT2D eigenvalue weighted by Gasteiger charge is 2.21. The van der Waals surface area contributed by atoms with Crippen LogP contribution in [-0.4, -0.2) is 35.7 Å². The summed E-state index contributed by atoms with van der Waals surface area (Å²) in [6, 6.07) is 18.6. The highest BCUT2D eigenvalue weighted by atomic mass is 16.3. The molecule has 0 saturated heterocycles. The Morgan fingerprint density at radius 1 is 1.00 bits per heavy atom. The molecule has 1 aromatic carbocycles. The number of benzene rings is 1. The van der Waals surface area contributed by atoms with Gasteiger partial charge in [-0.25, -0.2) is 4.98 Å². The van der Waals surface area contributed by atoms with E-state index in [-0.39, 0.29) is 6.61 Å². The van der Waals surface area contributed by atoms with E-state index >= 15 is 0 Å². The van der Waals surface area contributed by atoms with Crippen molar-refractivity contribution in [3.63, 3.8) is 0 Å². The topological polar surface area (TPSA) is 58.6 Å². The monoisotopic (exact) mass is 373 g/mol. The van der Waals surface area contributed by atoms with E-state index in [1.54, 1.807) is 0 Å². The number of aliphatic hydroxyl groups is 1. The number of imidazole rings is 1. The Bertz CT molecular complexity index is 1100. The van der Waals surface area contributed by atoms with Crippen LogP contribution >= 0.6 is 0 Å². The third-order valence-corrected chi connectivity index (χ3v) is 5.36. The molecule has 3 aromatic heterocycles. The molecule has 4 aromatic rings. The normalized spacial score (nSPS) is 14.9. The second kappa shape index (κ2) is 7.22. The Balaban J connectivity index is 1.52. The standard InChI is InChI=1S/C22H23N5O/c28-16-18-13-19-14-25(10-6-12-27(19)24-18)15-20-22(17-7-2-1-3-8-17)23-21-9-4-5-11-26(20)21/h1-5,7-9,11,13,28H,6,10,12,14-16H2. The number of hydrogen-bond acceptors (Lipinski definition) is 4. The Hall–Kier alpha value is -2.96. The quantitative estimate of drug-likeness (QED) is 0.597. The van der Waals surface area contributed by atoms with Crippen molar-refractivity contribution in [2.75, 3.05) is 6.54 Å². The summed E-state index contributed by atoms with van der Waals surface area (Å²) < 4.78 is 4.24. The van der Waals surface area contributed by atoms with Gasteiger partial charge in [-0.05, 0) is 24.6 Å². The van der Waals surface area contributed by atoms with Crippen LogP contribution in [-0.2, 0) is 26.2 Å². The predicted octanol–water partition coefficient (Wildman–Crippen LogP) is 3.10. The Labute approximate surface area is 163 Å². The summed E-state index contributed by atoms with van der Waals surface area (Å²) in [6.45, 7) is 3.53. The van der Waals surface area contributed by atoms with E-state index < -0.39 is 0 Å². The molecule has 0 radical (unpaired) electrons. The average Bonchev–Trinajstić information content (AvgIpc) is 3.24. The molecule has 4 heterocycles. The minimum Gasteiger partial charge on any atom is -0.390 e. The fourth-order valence-corrected chi connectivity index (χ4v) is 4.04. The number of hydrogen-bond donors (Lipinski definition) is 1. The van der Waals surface area contributed by atoms with Gasteiger partial charge in [-0.3, -0.25) is 9.58 Å². The van der Waals surface area contributed by atoms with E-state index in [0.29, 0.717) is 0 Å². The van der Waals surface area contributed by atoms with Crippen molar-refractivity contribution in [2.24, 2.45) is 0 Å². The van der Waals surface area contributed by atoms with Crippen molar-refractivity contribution < 1.29 is 5.11 Å². The summed E-state index contributed by atoms with van der Waals surface area (Å²) in [5, 5.41) is 13.9. The molecule has 6 nitrogen and oxygen atoms in total. The van der Waals surface area contributed by atoms with Gasteiger partial charge in [-0.2, -0.15) is 5.10 Å². The molecule has 1 aliphatic rings. The molecular weight excluding hydrogens is 350 g/mol. The minimum absolute atomic E-state index is 0.00852. The summed E-state index contributed by atoms with van der Waals surface area (Å²) in [5.74, 6) is 0. The van der Waals surface area contributed by atoms with Gasteiger partial charge in [0.25, 0.3) is 0 Å². The number of nitrogens with zero attached hydrogens (tertiary/aromatic N) is 5. The fourth-order valence-electron chi connectivity index (χ4n) is 4.04. The first-order valence-corrected chi connectivity index (χ1v) is 9.72. The maximum atomic E-state index is 9.41. The molecule has 0 unspecified atom stereocenters. The molecule has 0 aliphatic carbocycles. The van der Waals surface area contributed by atoms with Gasteiger partial charge < -0.3 is 9.51 Å². The minimum atomic E-state index is -0.00852. The number of rotatable bonds is 4. The molecule has 0 spiro atoms. The van der Waals surface area contributed by atoms with Gasteiger partial charge >= 0.3 is 0 Å². The average molecular weight is 373 g/mol. The zero-order valence-corrected chi connectivity index (χ0v) is 15.7. The van der Waals surface area contributed by atoms with E-state index in [2.05, 4.69) is 57.0 Å². The van der Waals surface area contributed by atoms with Crippen LogP contribution < -0.4 is 0 Å². The summed E-state index contributed by atoms with van der Waals surface area (Å²) >= 11 is 0. The molecule has 142 valence electrons. The van der Waals surface area contributed by atoms with Gasteiger partial charge in [-0.15, -0.1) is 0 Å². The summed E-state index contributed by atoms with van der Waals surface area (Å²) in [7, 11) is 0. The van der Waals surface area contributed by atoms with Crippen LogP contribution in [0.2, 0.25) is 0 Å². The van der Waals surface area contributed by atoms with Crippen molar-refractivity contribution in [3.8, 4) is 11.3 Å². The highest BCUT2D eigenvalue weighted by molar-refractivity contribution is 5.66. The number of aromatic nitrogens is 4. The summed E-state index contributed by atoms with van der Waals surface area (Å²) in [6.07, 6.45) is 3.13. The lowest BCUT2D eigenvalue weighted by Crippen LogP contribution is -2.24. The largest absolute Gasteiger partial charge is 0.390 e. The van der Waals surface area contributed by atoms with E-state index in [0.717, 1.165) is 60.9 Å². The van der Waals surface area contributed by atoms with Gasteiger partial charge in [0.1, 0.15) is 5.65 Å². The van der Waals surface area contributed by atoms with Gasteiger partial charge in [0.05, 0.1) is 29.4 Å². The lowest BCUT2D eigenvalue weighted by atomic mass is 10.1. The first-order valence-electron chi connectivity index (χ1n) is 9.72. The lowest BCUT2D eigenvalue weighted by molar-refractivity contribution is 0.256. The Kier molecular flexibility index (Phi) is 4.43. The van der Waals surface area contributed by atoms with Crippen molar-refractivity contribution >= 4 is 5.65 Å². The molecule has 5 rings (SSSR count). The van der Waals surface area contributed by atoms with E-state index in [4.69, 9.17) is 4.98 Å². The second-order valence-corrected chi connectivity index (χ2v) is 7.27. The molecule has 28 heavy (non-hydrogen) atoms. The maximum Gasteiger partial charge on any atom is 0.137 e. The van der Waals surface area contributed by atoms with Crippen LogP contribution in [0.4, 0.5) is 0 Å². The molecule has 1 aliphatic heterocycles. The van der Waals surface area contributed by atoms with Crippen molar-refractivity contribution in [1.82, 2.24) is 24.1 Å². The number of aliphatic hydroxyl groups excluding tert-OH is 1. The van der Waals surface area contributed by atoms with Gasteiger partial charge in [0.15, 0.2) is 0 Å². The SMILES string of the molecule is OCc1cc2n(n1)CCCN(Cc1c(-c3ccccc3)nc3ccccn13)C2. The zero-order valence-electron chi connectivity index (χ0n) is 15.7. The number of pyridine rings is 1. The molecule has 0 atom stereocenters. The van der Waals surface area contributed by atoms with Crippen LogP contribution in [0.15, 0.2) is 60.8 Å². The third kappa shape index (κ3) is 3.10. The van der Waals surface area contributed by atoms with Gasteiger partial charge in [0, 0.05) is 37.9 Å². The first-order chi connectivity index (χ1) is 13.8. The summed E-state index contributed by atoms with van der Waals surface area (Å²) in [4.78, 5) is 7.37. The molecule has 6 heteroatoms. The lowest BCUT2D eigenvalue weighted by Gasteiger charge is -2.20. The zero-order chi connectivity index (χ0) is 18.9. The summed E-state index contributed by atoms with van der Waals surface area (Å²) in [5.41, 5.74) is 6.27. The molecule has 0 fully saturated rings. The number of aryl methyl sites for hydroxylation is 1. The van der Waals surface area contributed by atoms with Crippen LogP contribution in [0.1, 0.15) is 23.5 Å². The van der Waals surface area contributed by atoms with Crippen LogP contribution in [0.3, 0.4) is 0 Å². The number of fused-ring (bicyclic) bond motifs is 2. The van der Waals surface area contributed by atoms with Crippen molar-refractivity contribution in [1.29, 1.82) is 0 Å². The Morgan fingerprint density at radius 2 is 1.86 bits per heavy atom. The van der Waals surface area contributed by atoms with Crippen LogP contribution in [0.25, 0.3) is 16.9 Å². The molecule has 0 saturated carbocycles. The molecular formula is C22H23N5O. The van der Waals surface area contributed by atoms with Gasteiger partial charge in [-0.1, -0.05) is 36.4 Å². The highest BCUT2D eigenvalue weighted by Crippen LogP contribution is 2.26. The molecule has 1 N–H and O–H groups in total. The molecule has 0 amide bonds. The smallest absolute Gasteiger partial charge is 0.137 e. The van der Waals surface area contributed by atoms with Crippen LogP contribution in [0, 0.1) is 0 Å². The van der Waals surface area contributed by atoms with E-state index in [9.17, 15) is 5.11 Å². The van der Waals surface area contributed by atoms with Crippen molar-refractivity contribution in [2.45, 2.75) is 32.7 Å². The van der Waals surface area contributed by atoms with Crippen LogP contribution in [0.5, 0.6) is 0 Å². The maximum absolute atomic E-state index is 9.41. The first kappa shape index (κ1) is 17.2. The van der Waals surface area contributed by atoms with Crippen molar-refractivity contribution in [3.05, 3.63) is 77.9 Å². The molecule has 0 bridgehead atoms.